The normalized spacial score (nSPS) is 10.9. The van der Waals surface area contributed by atoms with E-state index in [0.717, 1.165) is 17.9 Å². The van der Waals surface area contributed by atoms with Gasteiger partial charge in [0, 0.05) is 19.3 Å². The third-order valence-electron chi connectivity index (χ3n) is 2.46. The van der Waals surface area contributed by atoms with Crippen molar-refractivity contribution in [1.29, 1.82) is 0 Å². The molecule has 0 unspecified atom stereocenters. The maximum Gasteiger partial charge on any atom is 0.129 e. The van der Waals surface area contributed by atoms with Gasteiger partial charge in [-0.3, -0.25) is 9.88 Å². The van der Waals surface area contributed by atoms with Crippen LogP contribution >= 0.6 is 23.2 Å². The number of nitrogens with zero attached hydrogens (tertiary/aromatic N) is 3. The van der Waals surface area contributed by atoms with Crippen molar-refractivity contribution in [2.45, 2.75) is 13.1 Å². The molecule has 2 heterocycles. The second-order valence-corrected chi connectivity index (χ2v) is 4.85. The van der Waals surface area contributed by atoms with Gasteiger partial charge in [-0.05, 0) is 31.3 Å². The Balaban J connectivity index is 2.03. The topological polar surface area (TPSA) is 29.0 Å². The van der Waals surface area contributed by atoms with E-state index in [1.54, 1.807) is 18.3 Å². The molecule has 5 heteroatoms. The standard InChI is InChI=1S/C13H13Cl2N3/c1-18(8-10-4-2-3-7-16-10)9-12-11(14)5-6-13(15)17-12/h2-7H,8-9H2,1H3. The summed E-state index contributed by atoms with van der Waals surface area (Å²) < 4.78 is 0. The van der Waals surface area contributed by atoms with E-state index in [4.69, 9.17) is 23.2 Å². The predicted octanol–water partition coefficient (Wildman–Crippen LogP) is 3.42. The molecule has 0 fully saturated rings. The number of halogens is 2. The highest BCUT2D eigenvalue weighted by Crippen LogP contribution is 2.18. The molecule has 0 N–H and O–H groups in total. The molecule has 2 rings (SSSR count). The van der Waals surface area contributed by atoms with Gasteiger partial charge in [0.2, 0.25) is 0 Å². The van der Waals surface area contributed by atoms with Crippen molar-refractivity contribution in [1.82, 2.24) is 14.9 Å². The molecule has 2 aromatic rings. The zero-order valence-electron chi connectivity index (χ0n) is 9.98. The van der Waals surface area contributed by atoms with Crippen LogP contribution in [-0.2, 0) is 13.1 Å². The summed E-state index contributed by atoms with van der Waals surface area (Å²) in [6, 6.07) is 9.32. The van der Waals surface area contributed by atoms with Gasteiger partial charge in [-0.2, -0.15) is 0 Å². The van der Waals surface area contributed by atoms with Crippen molar-refractivity contribution in [2.24, 2.45) is 0 Å². The van der Waals surface area contributed by atoms with Gasteiger partial charge < -0.3 is 0 Å². The van der Waals surface area contributed by atoms with Crippen LogP contribution in [0, 0.1) is 0 Å². The Hall–Kier alpha value is -1.16. The van der Waals surface area contributed by atoms with Crippen LogP contribution in [0.5, 0.6) is 0 Å². The molecule has 0 aliphatic rings. The lowest BCUT2D eigenvalue weighted by atomic mass is 10.3. The van der Waals surface area contributed by atoms with Gasteiger partial charge in [0.25, 0.3) is 0 Å². The third kappa shape index (κ3) is 3.67. The van der Waals surface area contributed by atoms with Gasteiger partial charge in [0.1, 0.15) is 5.15 Å². The first-order valence-electron chi connectivity index (χ1n) is 5.54. The van der Waals surface area contributed by atoms with Crippen molar-refractivity contribution >= 4 is 23.2 Å². The summed E-state index contributed by atoms with van der Waals surface area (Å²) in [6.45, 7) is 1.38. The molecule has 2 aromatic heterocycles. The summed E-state index contributed by atoms with van der Waals surface area (Å²) >= 11 is 11.9. The summed E-state index contributed by atoms with van der Waals surface area (Å²) in [5, 5.41) is 1.09. The van der Waals surface area contributed by atoms with Crippen LogP contribution in [0.25, 0.3) is 0 Å². The molecule has 0 aromatic carbocycles. The lowest BCUT2D eigenvalue weighted by Crippen LogP contribution is -2.18. The summed E-state index contributed by atoms with van der Waals surface area (Å²) in [4.78, 5) is 10.6. The first-order valence-corrected chi connectivity index (χ1v) is 6.30. The van der Waals surface area contributed by atoms with Gasteiger partial charge in [0.05, 0.1) is 16.4 Å². The van der Waals surface area contributed by atoms with Crippen molar-refractivity contribution in [3.05, 3.63) is 58.1 Å². The van der Waals surface area contributed by atoms with Gasteiger partial charge >= 0.3 is 0 Å². The minimum absolute atomic E-state index is 0.459. The average Bonchev–Trinajstić information content (AvgIpc) is 2.35. The molecule has 3 nitrogen and oxygen atoms in total. The van der Waals surface area contributed by atoms with Crippen LogP contribution in [0.1, 0.15) is 11.4 Å². The smallest absolute Gasteiger partial charge is 0.129 e. The van der Waals surface area contributed by atoms with Crippen LogP contribution in [0.3, 0.4) is 0 Å². The van der Waals surface area contributed by atoms with Crippen molar-refractivity contribution in [3.8, 4) is 0 Å². The van der Waals surface area contributed by atoms with E-state index in [2.05, 4.69) is 14.9 Å². The van der Waals surface area contributed by atoms with E-state index in [1.165, 1.54) is 0 Å². The molecule has 0 aliphatic carbocycles. The fourth-order valence-corrected chi connectivity index (χ4v) is 1.98. The lowest BCUT2D eigenvalue weighted by molar-refractivity contribution is 0.311. The average molecular weight is 282 g/mol. The molecule has 0 radical (unpaired) electrons. The first-order chi connectivity index (χ1) is 8.65. The maximum atomic E-state index is 6.08. The minimum atomic E-state index is 0.459. The first kappa shape index (κ1) is 13.3. The van der Waals surface area contributed by atoms with Gasteiger partial charge in [0.15, 0.2) is 0 Å². The van der Waals surface area contributed by atoms with Gasteiger partial charge in [-0.25, -0.2) is 4.98 Å². The Labute approximate surface area is 116 Å². The summed E-state index contributed by atoms with van der Waals surface area (Å²) in [7, 11) is 1.99. The van der Waals surface area contributed by atoms with Crippen LogP contribution < -0.4 is 0 Å². The summed E-state index contributed by atoms with van der Waals surface area (Å²) in [5.74, 6) is 0. The lowest BCUT2D eigenvalue weighted by Gasteiger charge is -2.16. The number of pyridine rings is 2. The highest BCUT2D eigenvalue weighted by atomic mass is 35.5. The van der Waals surface area contributed by atoms with Crippen LogP contribution in [-0.4, -0.2) is 21.9 Å². The molecule has 0 aliphatic heterocycles. The van der Waals surface area contributed by atoms with Gasteiger partial charge in [-0.15, -0.1) is 0 Å². The van der Waals surface area contributed by atoms with Crippen molar-refractivity contribution in [3.63, 3.8) is 0 Å². The number of rotatable bonds is 4. The molecule has 0 saturated carbocycles. The molecule has 0 atom stereocenters. The second-order valence-electron chi connectivity index (χ2n) is 4.06. The Bertz CT molecular complexity index is 517. The fourth-order valence-electron chi connectivity index (χ4n) is 1.65. The van der Waals surface area contributed by atoms with E-state index < -0.39 is 0 Å². The fraction of sp³-hybridized carbons (Fsp3) is 0.231. The van der Waals surface area contributed by atoms with E-state index in [0.29, 0.717) is 16.7 Å². The zero-order chi connectivity index (χ0) is 13.0. The van der Waals surface area contributed by atoms with Crippen molar-refractivity contribution in [2.75, 3.05) is 7.05 Å². The quantitative estimate of drug-likeness (QED) is 0.805. The Kier molecular flexibility index (Phi) is 4.53. The van der Waals surface area contributed by atoms with E-state index in [-0.39, 0.29) is 0 Å². The molecular formula is C13H13Cl2N3. The second kappa shape index (κ2) is 6.14. The Morgan fingerprint density at radius 1 is 1.11 bits per heavy atom. The molecule has 0 bridgehead atoms. The largest absolute Gasteiger partial charge is 0.295 e. The summed E-state index contributed by atoms with van der Waals surface area (Å²) in [6.07, 6.45) is 1.79. The zero-order valence-corrected chi connectivity index (χ0v) is 11.5. The highest BCUT2D eigenvalue weighted by Gasteiger charge is 2.07. The number of hydrogen-bond donors (Lipinski definition) is 0. The molecule has 18 heavy (non-hydrogen) atoms. The molecular weight excluding hydrogens is 269 g/mol. The minimum Gasteiger partial charge on any atom is -0.295 e. The molecule has 94 valence electrons. The van der Waals surface area contributed by atoms with Gasteiger partial charge in [-0.1, -0.05) is 29.3 Å². The molecule has 0 spiro atoms. The van der Waals surface area contributed by atoms with Crippen LogP contribution in [0.2, 0.25) is 10.2 Å². The van der Waals surface area contributed by atoms with Crippen LogP contribution in [0.15, 0.2) is 36.5 Å². The Morgan fingerprint density at radius 3 is 2.67 bits per heavy atom. The number of aromatic nitrogens is 2. The Morgan fingerprint density at radius 2 is 1.94 bits per heavy atom. The maximum absolute atomic E-state index is 6.08. The molecule has 0 amide bonds. The summed E-state index contributed by atoms with van der Waals surface area (Å²) in [5.41, 5.74) is 1.79. The SMILES string of the molecule is CN(Cc1ccccn1)Cc1nc(Cl)ccc1Cl. The van der Waals surface area contributed by atoms with E-state index in [9.17, 15) is 0 Å². The number of hydrogen-bond acceptors (Lipinski definition) is 3. The van der Waals surface area contributed by atoms with Crippen LogP contribution in [0.4, 0.5) is 0 Å². The predicted molar refractivity (Wildman–Crippen MR) is 73.7 cm³/mol. The van der Waals surface area contributed by atoms with Crippen molar-refractivity contribution < 1.29 is 0 Å². The van der Waals surface area contributed by atoms with E-state index in [1.807, 2.05) is 25.2 Å². The highest BCUT2D eigenvalue weighted by molar-refractivity contribution is 6.32. The molecule has 0 saturated heterocycles. The van der Waals surface area contributed by atoms with E-state index >= 15 is 0 Å². The third-order valence-corrected chi connectivity index (χ3v) is 3.02. The monoisotopic (exact) mass is 281 g/mol.